The number of amides is 2. The molecule has 0 saturated carbocycles. The van der Waals surface area contributed by atoms with Crippen LogP contribution in [0.5, 0.6) is 11.5 Å². The van der Waals surface area contributed by atoms with Crippen LogP contribution in [0.2, 0.25) is 20.1 Å². The quantitative estimate of drug-likeness (QED) is 0.151. The second-order valence-electron chi connectivity index (χ2n) is 7.10. The van der Waals surface area contributed by atoms with Crippen molar-refractivity contribution in [3.05, 3.63) is 86.3 Å². The van der Waals surface area contributed by atoms with Gasteiger partial charge in [-0.15, -0.1) is 0 Å². The van der Waals surface area contributed by atoms with Crippen LogP contribution in [0.25, 0.3) is 0 Å². The van der Waals surface area contributed by atoms with Crippen molar-refractivity contribution in [1.82, 2.24) is 4.90 Å². The summed E-state index contributed by atoms with van der Waals surface area (Å²) in [5.74, 6) is -3.60. The van der Waals surface area contributed by atoms with Crippen molar-refractivity contribution in [2.24, 2.45) is 0 Å². The molecule has 4 rings (SSSR count). The van der Waals surface area contributed by atoms with Gasteiger partial charge in [-0.25, -0.2) is 4.79 Å². The predicted molar refractivity (Wildman–Crippen MR) is 129 cm³/mol. The zero-order valence-electron chi connectivity index (χ0n) is 17.3. The van der Waals surface area contributed by atoms with Crippen LogP contribution in [0.15, 0.2) is 60.7 Å². The number of likely N-dealkylation sites (N-methyl/N-ethyl adjacent to an activating group) is 1. The minimum absolute atomic E-state index is 0.168. The van der Waals surface area contributed by atoms with Gasteiger partial charge in [0.2, 0.25) is 0 Å². The molecule has 0 bridgehead atoms. The second kappa shape index (κ2) is 9.35. The number of fused-ring (bicyclic) bond motifs is 1. The van der Waals surface area contributed by atoms with Crippen molar-refractivity contribution in [2.75, 3.05) is 12.4 Å². The maximum atomic E-state index is 13.6. The number of esters is 1. The van der Waals surface area contributed by atoms with E-state index in [-0.39, 0.29) is 37.2 Å². The standard InChI is InChI=1S/C23H14Cl4N2O5/c1-29(20(30)12-8-4-2-5-9-12)23(21(31)28-13-10-6-3-7-11-13)22(32)33-18-16(26)14(24)15(25)17(27)19(18)34-23/h2-11H,1H3,(H,28,31). The molecule has 174 valence electrons. The molecule has 1 N–H and O–H groups in total. The Morgan fingerprint density at radius 1 is 0.824 bits per heavy atom. The molecule has 0 fully saturated rings. The van der Waals surface area contributed by atoms with Crippen LogP contribution < -0.4 is 14.8 Å². The molecule has 7 nitrogen and oxygen atoms in total. The molecule has 0 aliphatic carbocycles. The van der Waals surface area contributed by atoms with Gasteiger partial charge in [0.05, 0.1) is 10.0 Å². The van der Waals surface area contributed by atoms with Crippen LogP contribution in [-0.4, -0.2) is 35.5 Å². The SMILES string of the molecule is CN(C(=O)c1ccccc1)C1(C(=O)Nc2ccccc2)Oc2c(Cl)c(Cl)c(Cl)c(Cl)c2OC1=O. The topological polar surface area (TPSA) is 84.9 Å². The highest BCUT2D eigenvalue weighted by molar-refractivity contribution is 6.53. The lowest BCUT2D eigenvalue weighted by Crippen LogP contribution is -2.68. The summed E-state index contributed by atoms with van der Waals surface area (Å²) < 4.78 is 11.3. The van der Waals surface area contributed by atoms with Crippen LogP contribution in [0.3, 0.4) is 0 Å². The Kier molecular flexibility index (Phi) is 6.64. The number of anilines is 1. The number of halogens is 4. The van der Waals surface area contributed by atoms with Crippen LogP contribution >= 0.6 is 46.4 Å². The number of para-hydroxylation sites is 1. The van der Waals surface area contributed by atoms with Gasteiger partial charge in [0.1, 0.15) is 10.0 Å². The number of nitrogens with one attached hydrogen (secondary N) is 1. The molecule has 11 heteroatoms. The van der Waals surface area contributed by atoms with Crippen molar-refractivity contribution in [3.8, 4) is 11.5 Å². The van der Waals surface area contributed by atoms with Crippen LogP contribution in [-0.2, 0) is 9.59 Å². The van der Waals surface area contributed by atoms with Gasteiger partial charge in [-0.05, 0) is 24.3 Å². The first-order chi connectivity index (χ1) is 16.2. The number of benzene rings is 3. The van der Waals surface area contributed by atoms with Crippen molar-refractivity contribution < 1.29 is 23.9 Å². The molecule has 3 aromatic carbocycles. The molecule has 0 saturated heterocycles. The fourth-order valence-corrected chi connectivity index (χ4v) is 4.17. The van der Waals surface area contributed by atoms with E-state index in [1.165, 1.54) is 19.2 Å². The molecule has 1 aliphatic heterocycles. The van der Waals surface area contributed by atoms with E-state index >= 15 is 0 Å². The van der Waals surface area contributed by atoms with E-state index in [1.807, 2.05) is 0 Å². The fraction of sp³-hybridized carbons (Fsp3) is 0.0870. The van der Waals surface area contributed by atoms with Gasteiger partial charge >= 0.3 is 17.6 Å². The normalized spacial score (nSPS) is 16.7. The average Bonchev–Trinajstić information content (AvgIpc) is 2.86. The summed E-state index contributed by atoms with van der Waals surface area (Å²) >= 11 is 24.7. The van der Waals surface area contributed by atoms with Crippen molar-refractivity contribution in [1.29, 1.82) is 0 Å². The van der Waals surface area contributed by atoms with Gasteiger partial charge in [-0.1, -0.05) is 82.8 Å². The summed E-state index contributed by atoms with van der Waals surface area (Å²) in [5, 5.41) is 1.72. The number of hydrogen-bond acceptors (Lipinski definition) is 5. The average molecular weight is 540 g/mol. The summed E-state index contributed by atoms with van der Waals surface area (Å²) in [5.41, 5.74) is -2.09. The Morgan fingerprint density at radius 3 is 1.94 bits per heavy atom. The van der Waals surface area contributed by atoms with E-state index in [2.05, 4.69) is 5.32 Å². The van der Waals surface area contributed by atoms with Gasteiger partial charge in [0.15, 0.2) is 11.5 Å². The monoisotopic (exact) mass is 538 g/mol. The second-order valence-corrected chi connectivity index (χ2v) is 8.61. The van der Waals surface area contributed by atoms with Crippen LogP contribution in [0.1, 0.15) is 10.4 Å². The molecule has 1 atom stereocenters. The molecule has 2 amide bonds. The highest BCUT2D eigenvalue weighted by Crippen LogP contribution is 2.53. The third kappa shape index (κ3) is 3.95. The van der Waals surface area contributed by atoms with Crippen molar-refractivity contribution in [2.45, 2.75) is 5.72 Å². The molecule has 1 unspecified atom stereocenters. The third-order valence-electron chi connectivity index (χ3n) is 5.04. The van der Waals surface area contributed by atoms with E-state index < -0.39 is 23.5 Å². The molecule has 0 radical (unpaired) electrons. The Labute approximate surface area is 214 Å². The first kappa shape index (κ1) is 24.2. The van der Waals surface area contributed by atoms with Gasteiger partial charge < -0.3 is 14.8 Å². The molecule has 3 aromatic rings. The van der Waals surface area contributed by atoms with Gasteiger partial charge in [0.25, 0.3) is 5.91 Å². The Bertz CT molecular complexity index is 1300. The Balaban J connectivity index is 1.87. The molecular weight excluding hydrogens is 526 g/mol. The highest BCUT2D eigenvalue weighted by Gasteiger charge is 2.60. The summed E-state index contributed by atoms with van der Waals surface area (Å²) in [6, 6.07) is 16.3. The lowest BCUT2D eigenvalue weighted by molar-refractivity contribution is -0.176. The number of rotatable bonds is 4. The molecule has 0 aromatic heterocycles. The number of hydrogen-bond donors (Lipinski definition) is 1. The molecule has 34 heavy (non-hydrogen) atoms. The number of carbonyl (C=O) groups is 3. The molecular formula is C23H14Cl4N2O5. The molecule has 1 heterocycles. The number of ether oxygens (including phenoxy) is 2. The van der Waals surface area contributed by atoms with Crippen LogP contribution in [0.4, 0.5) is 5.69 Å². The summed E-state index contributed by atoms with van der Waals surface area (Å²) in [4.78, 5) is 41.0. The van der Waals surface area contributed by atoms with E-state index in [1.54, 1.807) is 48.5 Å². The van der Waals surface area contributed by atoms with Crippen LogP contribution in [0, 0.1) is 0 Å². The maximum Gasteiger partial charge on any atom is 0.388 e. The lowest BCUT2D eigenvalue weighted by Gasteiger charge is -2.40. The van der Waals surface area contributed by atoms with Gasteiger partial charge in [0, 0.05) is 18.3 Å². The Hall–Kier alpha value is -2.97. The van der Waals surface area contributed by atoms with Crippen molar-refractivity contribution >= 4 is 69.9 Å². The smallest absolute Gasteiger partial charge is 0.388 e. The lowest BCUT2D eigenvalue weighted by atomic mass is 10.1. The van der Waals surface area contributed by atoms with Gasteiger partial charge in [-0.3, -0.25) is 14.5 Å². The summed E-state index contributed by atoms with van der Waals surface area (Å²) in [6.45, 7) is 0. The van der Waals surface area contributed by atoms with Crippen molar-refractivity contribution in [3.63, 3.8) is 0 Å². The van der Waals surface area contributed by atoms with E-state index in [4.69, 9.17) is 55.9 Å². The zero-order chi connectivity index (χ0) is 24.6. The number of nitrogens with zero attached hydrogens (tertiary/aromatic N) is 1. The summed E-state index contributed by atoms with van der Waals surface area (Å²) in [7, 11) is 1.22. The molecule has 1 aliphatic rings. The fourth-order valence-electron chi connectivity index (χ4n) is 3.28. The van der Waals surface area contributed by atoms with E-state index in [0.29, 0.717) is 5.69 Å². The molecule has 0 spiro atoms. The zero-order valence-corrected chi connectivity index (χ0v) is 20.3. The largest absolute Gasteiger partial charge is 0.444 e. The highest BCUT2D eigenvalue weighted by atomic mass is 35.5. The number of carbonyl (C=O) groups excluding carboxylic acids is 3. The first-order valence-corrected chi connectivity index (χ1v) is 11.2. The maximum absolute atomic E-state index is 13.6. The van der Waals surface area contributed by atoms with E-state index in [0.717, 1.165) is 4.90 Å². The minimum Gasteiger partial charge on any atom is -0.444 e. The van der Waals surface area contributed by atoms with Gasteiger partial charge in [-0.2, -0.15) is 0 Å². The first-order valence-electron chi connectivity index (χ1n) is 9.65. The minimum atomic E-state index is -2.63. The summed E-state index contributed by atoms with van der Waals surface area (Å²) in [6.07, 6.45) is 0. The van der Waals surface area contributed by atoms with E-state index in [9.17, 15) is 14.4 Å². The predicted octanol–water partition coefficient (Wildman–Crippen LogP) is 5.71. The Morgan fingerprint density at radius 2 is 1.35 bits per heavy atom. The third-order valence-corrected chi connectivity index (χ3v) is 6.81.